The molecule has 1 aromatic rings. The fourth-order valence-electron chi connectivity index (χ4n) is 1.60. The van der Waals surface area contributed by atoms with Gasteiger partial charge in [-0.25, -0.2) is 0 Å². The molecule has 2 heteroatoms. The summed E-state index contributed by atoms with van der Waals surface area (Å²) in [6.45, 7) is 4.65. The van der Waals surface area contributed by atoms with Crippen molar-refractivity contribution in [1.29, 1.82) is 0 Å². The normalized spacial score (nSPS) is 14.9. The smallest absolute Gasteiger partial charge is 0.0636 e. The van der Waals surface area contributed by atoms with Crippen molar-refractivity contribution in [3.8, 4) is 0 Å². The zero-order valence-electron chi connectivity index (χ0n) is 9.61. The second-order valence-corrected chi connectivity index (χ2v) is 4.05. The topological polar surface area (TPSA) is 32.3 Å². The third-order valence-corrected chi connectivity index (χ3v) is 2.52. The maximum atomic E-state index is 9.20. The van der Waals surface area contributed by atoms with Gasteiger partial charge >= 0.3 is 0 Å². The Bertz CT molecular complexity index is 258. The van der Waals surface area contributed by atoms with E-state index in [9.17, 15) is 5.11 Å². The van der Waals surface area contributed by atoms with Gasteiger partial charge in [-0.2, -0.15) is 0 Å². The van der Waals surface area contributed by atoms with E-state index in [0.717, 1.165) is 12.8 Å². The van der Waals surface area contributed by atoms with Crippen molar-refractivity contribution in [1.82, 2.24) is 5.32 Å². The van der Waals surface area contributed by atoms with E-state index < -0.39 is 0 Å². The van der Waals surface area contributed by atoms with Crippen LogP contribution in [-0.4, -0.2) is 23.8 Å². The standard InChI is InChI=1S/C13H21NO/c1-3-13(14-10-11(2)15)9-12-7-5-4-6-8-12/h4-8,11,13-15H,3,9-10H2,1-2H3/t11-,13+/m0/s1. The summed E-state index contributed by atoms with van der Waals surface area (Å²) in [5.74, 6) is 0. The number of hydrogen-bond acceptors (Lipinski definition) is 2. The highest BCUT2D eigenvalue weighted by atomic mass is 16.3. The van der Waals surface area contributed by atoms with Crippen LogP contribution in [0.25, 0.3) is 0 Å². The highest BCUT2D eigenvalue weighted by Crippen LogP contribution is 2.05. The van der Waals surface area contributed by atoms with Crippen LogP contribution >= 0.6 is 0 Å². The Morgan fingerprint density at radius 1 is 1.27 bits per heavy atom. The molecule has 0 spiro atoms. The summed E-state index contributed by atoms with van der Waals surface area (Å²) < 4.78 is 0. The van der Waals surface area contributed by atoms with Gasteiger partial charge in [-0.05, 0) is 25.3 Å². The average Bonchev–Trinajstić information content (AvgIpc) is 2.25. The molecule has 0 radical (unpaired) electrons. The molecule has 0 unspecified atom stereocenters. The summed E-state index contributed by atoms with van der Waals surface area (Å²) in [4.78, 5) is 0. The lowest BCUT2D eigenvalue weighted by Gasteiger charge is -2.18. The van der Waals surface area contributed by atoms with Gasteiger partial charge in [0.1, 0.15) is 0 Å². The number of hydrogen-bond donors (Lipinski definition) is 2. The van der Waals surface area contributed by atoms with Crippen molar-refractivity contribution in [2.24, 2.45) is 0 Å². The van der Waals surface area contributed by atoms with Gasteiger partial charge in [-0.15, -0.1) is 0 Å². The average molecular weight is 207 g/mol. The van der Waals surface area contributed by atoms with Gasteiger partial charge in [0.15, 0.2) is 0 Å². The van der Waals surface area contributed by atoms with Crippen LogP contribution in [0.3, 0.4) is 0 Å². The molecule has 0 fully saturated rings. The van der Waals surface area contributed by atoms with Crippen molar-refractivity contribution in [3.63, 3.8) is 0 Å². The van der Waals surface area contributed by atoms with E-state index in [1.807, 2.05) is 13.0 Å². The van der Waals surface area contributed by atoms with E-state index in [1.54, 1.807) is 0 Å². The Hall–Kier alpha value is -0.860. The van der Waals surface area contributed by atoms with Gasteiger partial charge in [0, 0.05) is 12.6 Å². The van der Waals surface area contributed by atoms with Crippen LogP contribution in [0.1, 0.15) is 25.8 Å². The highest BCUT2D eigenvalue weighted by molar-refractivity contribution is 5.15. The first kappa shape index (κ1) is 12.2. The minimum atomic E-state index is -0.269. The zero-order chi connectivity index (χ0) is 11.1. The first-order chi connectivity index (χ1) is 7.22. The van der Waals surface area contributed by atoms with Gasteiger partial charge in [0.05, 0.1) is 6.10 Å². The van der Waals surface area contributed by atoms with E-state index in [1.165, 1.54) is 5.56 Å². The lowest BCUT2D eigenvalue weighted by atomic mass is 10.0. The van der Waals surface area contributed by atoms with Crippen molar-refractivity contribution in [2.45, 2.75) is 38.8 Å². The SMILES string of the molecule is CC[C@H](Cc1ccccc1)NC[C@H](C)O. The van der Waals surface area contributed by atoms with E-state index in [2.05, 4.69) is 36.5 Å². The molecule has 0 saturated carbocycles. The van der Waals surface area contributed by atoms with Gasteiger partial charge < -0.3 is 10.4 Å². The largest absolute Gasteiger partial charge is 0.392 e. The van der Waals surface area contributed by atoms with E-state index in [4.69, 9.17) is 0 Å². The van der Waals surface area contributed by atoms with Crippen LogP contribution < -0.4 is 5.32 Å². The van der Waals surface area contributed by atoms with Crippen LogP contribution in [0.2, 0.25) is 0 Å². The highest BCUT2D eigenvalue weighted by Gasteiger charge is 2.07. The quantitative estimate of drug-likeness (QED) is 0.747. The van der Waals surface area contributed by atoms with E-state index in [0.29, 0.717) is 12.6 Å². The molecule has 15 heavy (non-hydrogen) atoms. The van der Waals surface area contributed by atoms with Gasteiger partial charge in [0.25, 0.3) is 0 Å². The maximum Gasteiger partial charge on any atom is 0.0636 e. The van der Waals surface area contributed by atoms with E-state index >= 15 is 0 Å². The van der Waals surface area contributed by atoms with Crippen molar-refractivity contribution in [3.05, 3.63) is 35.9 Å². The Labute approximate surface area is 92.3 Å². The summed E-state index contributed by atoms with van der Waals surface area (Å²) >= 11 is 0. The Morgan fingerprint density at radius 3 is 2.47 bits per heavy atom. The fraction of sp³-hybridized carbons (Fsp3) is 0.538. The van der Waals surface area contributed by atoms with Crippen molar-refractivity contribution < 1.29 is 5.11 Å². The predicted octanol–water partition coefficient (Wildman–Crippen LogP) is 1.98. The minimum Gasteiger partial charge on any atom is -0.392 e. The molecule has 0 saturated heterocycles. The second-order valence-electron chi connectivity index (χ2n) is 4.05. The van der Waals surface area contributed by atoms with Crippen LogP contribution in [0.4, 0.5) is 0 Å². The summed E-state index contributed by atoms with van der Waals surface area (Å²) in [7, 11) is 0. The molecule has 0 aliphatic heterocycles. The molecule has 2 atom stereocenters. The first-order valence-electron chi connectivity index (χ1n) is 5.67. The summed E-state index contributed by atoms with van der Waals surface area (Å²) in [6, 6.07) is 10.9. The Kier molecular flexibility index (Phi) is 5.37. The summed E-state index contributed by atoms with van der Waals surface area (Å²) in [6.07, 6.45) is 1.85. The molecule has 0 aliphatic carbocycles. The van der Waals surface area contributed by atoms with Gasteiger partial charge in [0.2, 0.25) is 0 Å². The monoisotopic (exact) mass is 207 g/mol. The molecule has 0 amide bonds. The summed E-state index contributed by atoms with van der Waals surface area (Å²) in [5.41, 5.74) is 1.35. The maximum absolute atomic E-state index is 9.20. The molecule has 2 nitrogen and oxygen atoms in total. The first-order valence-corrected chi connectivity index (χ1v) is 5.67. The van der Waals surface area contributed by atoms with Crippen molar-refractivity contribution in [2.75, 3.05) is 6.54 Å². The molecule has 0 aromatic heterocycles. The molecule has 0 heterocycles. The number of benzene rings is 1. The Balaban J connectivity index is 2.40. The molecule has 84 valence electrons. The molecule has 2 N–H and O–H groups in total. The van der Waals surface area contributed by atoms with Crippen LogP contribution in [0.5, 0.6) is 0 Å². The minimum absolute atomic E-state index is 0.269. The molecular weight excluding hydrogens is 186 g/mol. The molecule has 1 rings (SSSR count). The van der Waals surface area contributed by atoms with Crippen LogP contribution in [0, 0.1) is 0 Å². The predicted molar refractivity (Wildman–Crippen MR) is 63.9 cm³/mol. The molecule has 0 aliphatic rings. The number of rotatable bonds is 6. The van der Waals surface area contributed by atoms with Gasteiger partial charge in [-0.3, -0.25) is 0 Å². The number of nitrogens with one attached hydrogen (secondary N) is 1. The molecule has 1 aromatic carbocycles. The number of aliphatic hydroxyl groups excluding tert-OH is 1. The van der Waals surface area contributed by atoms with Crippen molar-refractivity contribution >= 4 is 0 Å². The Morgan fingerprint density at radius 2 is 1.93 bits per heavy atom. The van der Waals surface area contributed by atoms with Gasteiger partial charge in [-0.1, -0.05) is 37.3 Å². The third kappa shape index (κ3) is 4.96. The lowest BCUT2D eigenvalue weighted by molar-refractivity contribution is 0.185. The molecular formula is C13H21NO. The van der Waals surface area contributed by atoms with Crippen LogP contribution in [0.15, 0.2) is 30.3 Å². The lowest BCUT2D eigenvalue weighted by Crippen LogP contribution is -2.35. The molecule has 0 bridgehead atoms. The van der Waals surface area contributed by atoms with Crippen LogP contribution in [-0.2, 0) is 6.42 Å². The second kappa shape index (κ2) is 6.59. The zero-order valence-corrected chi connectivity index (χ0v) is 9.61. The van der Waals surface area contributed by atoms with E-state index in [-0.39, 0.29) is 6.10 Å². The third-order valence-electron chi connectivity index (χ3n) is 2.52. The number of aliphatic hydroxyl groups is 1. The summed E-state index contributed by atoms with van der Waals surface area (Å²) in [5, 5.41) is 12.6. The fourth-order valence-corrected chi connectivity index (χ4v) is 1.60.